The van der Waals surface area contributed by atoms with Crippen LogP contribution in [0.25, 0.3) is 12.2 Å². The zero-order chi connectivity index (χ0) is 22.0. The summed E-state index contributed by atoms with van der Waals surface area (Å²) in [4.78, 5) is 23.6. The highest BCUT2D eigenvalue weighted by atomic mass is 32.2. The predicted molar refractivity (Wildman–Crippen MR) is 102 cm³/mol. The van der Waals surface area contributed by atoms with Gasteiger partial charge in [0.15, 0.2) is 0 Å². The van der Waals surface area contributed by atoms with E-state index in [4.69, 9.17) is 4.74 Å². The molecule has 0 aliphatic rings. The summed E-state index contributed by atoms with van der Waals surface area (Å²) >= 11 is 0. The van der Waals surface area contributed by atoms with E-state index in [-0.39, 0.29) is 22.3 Å². The second-order valence-electron chi connectivity index (χ2n) is 5.47. The molecule has 0 radical (unpaired) electrons. The van der Waals surface area contributed by atoms with Crippen molar-refractivity contribution in [2.45, 2.75) is 9.79 Å². The standard InChI is InChI=1S/C18H14O9S2/c1-3-11-13(7-5-9-15(11)28(21,22)23)17(19)27-18(20)14-8-6-10-16(12(14)4-2)29(24,25)26/h3-10H,1-2H2,(H,21,22,23)(H,24,25,26). The van der Waals surface area contributed by atoms with E-state index in [2.05, 4.69) is 13.2 Å². The van der Waals surface area contributed by atoms with Gasteiger partial charge in [0.2, 0.25) is 0 Å². The summed E-state index contributed by atoms with van der Waals surface area (Å²) in [5.41, 5.74) is -1.34. The number of rotatable bonds is 6. The van der Waals surface area contributed by atoms with Gasteiger partial charge >= 0.3 is 11.9 Å². The van der Waals surface area contributed by atoms with Crippen LogP contribution in [0.5, 0.6) is 0 Å². The molecule has 0 amide bonds. The first-order chi connectivity index (χ1) is 13.4. The van der Waals surface area contributed by atoms with Gasteiger partial charge in [-0.1, -0.05) is 37.4 Å². The molecule has 0 saturated heterocycles. The van der Waals surface area contributed by atoms with Gasteiger partial charge < -0.3 is 4.74 Å². The van der Waals surface area contributed by atoms with Crippen molar-refractivity contribution < 1.29 is 40.3 Å². The van der Waals surface area contributed by atoms with Crippen LogP contribution in [0.2, 0.25) is 0 Å². The van der Waals surface area contributed by atoms with Crippen LogP contribution in [-0.4, -0.2) is 37.9 Å². The Labute approximate surface area is 166 Å². The van der Waals surface area contributed by atoms with E-state index in [9.17, 15) is 35.5 Å². The SMILES string of the molecule is C=Cc1c(C(=O)OC(=O)c2cccc(S(=O)(=O)O)c2C=C)cccc1S(=O)(=O)O. The number of hydrogen-bond donors (Lipinski definition) is 2. The molecule has 11 heteroatoms. The number of carbonyl (C=O) groups is 2. The second-order valence-corrected chi connectivity index (χ2v) is 8.25. The molecule has 0 saturated carbocycles. The van der Waals surface area contributed by atoms with E-state index < -0.39 is 42.0 Å². The lowest BCUT2D eigenvalue weighted by molar-refractivity contribution is 0.0397. The van der Waals surface area contributed by atoms with Crippen LogP contribution < -0.4 is 0 Å². The Bertz CT molecular complexity index is 1140. The highest BCUT2D eigenvalue weighted by Crippen LogP contribution is 2.24. The molecule has 2 aromatic carbocycles. The molecule has 0 fully saturated rings. The van der Waals surface area contributed by atoms with Crippen molar-refractivity contribution in [3.8, 4) is 0 Å². The van der Waals surface area contributed by atoms with Gasteiger partial charge in [-0.2, -0.15) is 16.8 Å². The summed E-state index contributed by atoms with van der Waals surface area (Å²) in [5, 5.41) is 0. The van der Waals surface area contributed by atoms with E-state index in [1.807, 2.05) is 0 Å². The molecule has 0 bridgehead atoms. The maximum atomic E-state index is 12.4. The van der Waals surface area contributed by atoms with Crippen molar-refractivity contribution in [2.75, 3.05) is 0 Å². The lowest BCUT2D eigenvalue weighted by Gasteiger charge is -2.11. The quantitative estimate of drug-likeness (QED) is 0.393. The van der Waals surface area contributed by atoms with Crippen LogP contribution >= 0.6 is 0 Å². The molecular weight excluding hydrogens is 424 g/mol. The zero-order valence-electron chi connectivity index (χ0n) is 14.6. The van der Waals surface area contributed by atoms with Crippen LogP contribution in [0, 0.1) is 0 Å². The number of benzene rings is 2. The molecule has 0 spiro atoms. The van der Waals surface area contributed by atoms with Gasteiger partial charge in [-0.3, -0.25) is 9.11 Å². The molecule has 29 heavy (non-hydrogen) atoms. The lowest BCUT2D eigenvalue weighted by Crippen LogP contribution is -2.17. The average molecular weight is 438 g/mol. The van der Waals surface area contributed by atoms with Crippen molar-refractivity contribution in [2.24, 2.45) is 0 Å². The molecule has 2 rings (SSSR count). The molecular formula is C18H14O9S2. The van der Waals surface area contributed by atoms with Gasteiger partial charge in [0.25, 0.3) is 20.2 Å². The Morgan fingerprint density at radius 1 is 0.759 bits per heavy atom. The highest BCUT2D eigenvalue weighted by Gasteiger charge is 2.25. The summed E-state index contributed by atoms with van der Waals surface area (Å²) in [6.07, 6.45) is 1.97. The van der Waals surface area contributed by atoms with E-state index >= 15 is 0 Å². The van der Waals surface area contributed by atoms with Crippen LogP contribution in [0.4, 0.5) is 0 Å². The number of esters is 2. The fourth-order valence-corrected chi connectivity index (χ4v) is 3.95. The molecule has 0 aliphatic carbocycles. The molecule has 0 aromatic heterocycles. The van der Waals surface area contributed by atoms with Gasteiger partial charge in [-0.15, -0.1) is 0 Å². The number of ether oxygens (including phenoxy) is 1. The minimum Gasteiger partial charge on any atom is -0.386 e. The van der Waals surface area contributed by atoms with Crippen molar-refractivity contribution >= 4 is 44.3 Å². The molecule has 2 aromatic rings. The Balaban J connectivity index is 2.50. The molecule has 2 N–H and O–H groups in total. The predicted octanol–water partition coefficient (Wildman–Crippen LogP) is 2.46. The summed E-state index contributed by atoms with van der Waals surface area (Å²) < 4.78 is 69.0. The molecule has 0 unspecified atom stereocenters. The first-order valence-electron chi connectivity index (χ1n) is 7.64. The smallest absolute Gasteiger partial charge is 0.346 e. The third-order valence-corrected chi connectivity index (χ3v) is 5.55. The van der Waals surface area contributed by atoms with Gasteiger partial charge in [0.05, 0.1) is 11.1 Å². The highest BCUT2D eigenvalue weighted by molar-refractivity contribution is 7.86. The normalized spacial score (nSPS) is 11.5. The van der Waals surface area contributed by atoms with Gasteiger partial charge in [-0.05, 0) is 24.3 Å². The number of carbonyl (C=O) groups excluding carboxylic acids is 2. The Morgan fingerprint density at radius 3 is 1.38 bits per heavy atom. The van der Waals surface area contributed by atoms with Crippen LogP contribution in [0.1, 0.15) is 31.8 Å². The van der Waals surface area contributed by atoms with Gasteiger partial charge in [-0.25, -0.2) is 9.59 Å². The van der Waals surface area contributed by atoms with Crippen molar-refractivity contribution in [1.29, 1.82) is 0 Å². The Hall–Kier alpha value is -3.12. The topological polar surface area (TPSA) is 152 Å². The van der Waals surface area contributed by atoms with Crippen molar-refractivity contribution in [1.82, 2.24) is 0 Å². The fourth-order valence-electron chi connectivity index (χ4n) is 2.51. The average Bonchev–Trinajstić information content (AvgIpc) is 2.64. The van der Waals surface area contributed by atoms with Gasteiger partial charge in [0, 0.05) is 11.1 Å². The van der Waals surface area contributed by atoms with Crippen LogP contribution in [-0.2, 0) is 25.0 Å². The fraction of sp³-hybridized carbons (Fsp3) is 0. The number of hydrogen-bond acceptors (Lipinski definition) is 7. The molecule has 9 nitrogen and oxygen atoms in total. The molecule has 0 heterocycles. The van der Waals surface area contributed by atoms with Crippen molar-refractivity contribution in [3.63, 3.8) is 0 Å². The van der Waals surface area contributed by atoms with Crippen molar-refractivity contribution in [3.05, 3.63) is 71.8 Å². The molecule has 152 valence electrons. The third kappa shape index (κ3) is 4.66. The largest absolute Gasteiger partial charge is 0.386 e. The first kappa shape index (κ1) is 22.2. The maximum absolute atomic E-state index is 12.4. The van der Waals surface area contributed by atoms with E-state index in [0.717, 1.165) is 48.6 Å². The minimum atomic E-state index is -4.69. The summed E-state index contributed by atoms with van der Waals surface area (Å²) in [5.74, 6) is -2.55. The van der Waals surface area contributed by atoms with Crippen LogP contribution in [0.3, 0.4) is 0 Å². The third-order valence-electron chi connectivity index (χ3n) is 3.72. The van der Waals surface area contributed by atoms with E-state index in [1.54, 1.807) is 0 Å². The summed E-state index contributed by atoms with van der Waals surface area (Å²) in [7, 11) is -9.37. The summed E-state index contributed by atoms with van der Waals surface area (Å²) in [6.45, 7) is 6.75. The summed E-state index contributed by atoms with van der Waals surface area (Å²) in [6, 6.07) is 6.62. The Morgan fingerprint density at radius 2 is 1.10 bits per heavy atom. The van der Waals surface area contributed by atoms with Gasteiger partial charge in [0.1, 0.15) is 9.79 Å². The first-order valence-corrected chi connectivity index (χ1v) is 10.5. The monoisotopic (exact) mass is 438 g/mol. The van der Waals surface area contributed by atoms with Crippen LogP contribution in [0.15, 0.2) is 59.3 Å². The molecule has 0 atom stereocenters. The lowest BCUT2D eigenvalue weighted by atomic mass is 10.1. The Kier molecular flexibility index (Phi) is 6.18. The second kappa shape index (κ2) is 8.09. The minimum absolute atomic E-state index is 0.288. The maximum Gasteiger partial charge on any atom is 0.346 e. The molecule has 0 aliphatic heterocycles. The zero-order valence-corrected chi connectivity index (χ0v) is 16.2. The van der Waals surface area contributed by atoms with E-state index in [1.165, 1.54) is 0 Å². The van der Waals surface area contributed by atoms with E-state index in [0.29, 0.717) is 0 Å².